The van der Waals surface area contributed by atoms with Gasteiger partial charge in [0.1, 0.15) is 5.76 Å². The van der Waals surface area contributed by atoms with Crippen molar-refractivity contribution in [1.29, 1.82) is 0 Å². The van der Waals surface area contributed by atoms with Crippen LogP contribution in [-0.4, -0.2) is 20.0 Å². The zero-order chi connectivity index (χ0) is 10.8. The molecule has 0 bridgehead atoms. The van der Waals surface area contributed by atoms with Crippen molar-refractivity contribution in [2.24, 2.45) is 0 Å². The Kier molecular flexibility index (Phi) is 2.62. The summed E-state index contributed by atoms with van der Waals surface area (Å²) in [7, 11) is 3.21. The average molecular weight is 206 g/mol. The molecule has 2 aliphatic carbocycles. The molecule has 3 nitrogen and oxygen atoms in total. The van der Waals surface area contributed by atoms with Gasteiger partial charge in [-0.3, -0.25) is 4.79 Å². The summed E-state index contributed by atoms with van der Waals surface area (Å²) in [6.07, 6.45) is 6.02. The van der Waals surface area contributed by atoms with Gasteiger partial charge in [0.25, 0.3) is 0 Å². The van der Waals surface area contributed by atoms with Crippen LogP contribution in [0.25, 0.3) is 0 Å². The van der Waals surface area contributed by atoms with Crippen molar-refractivity contribution in [2.75, 3.05) is 14.2 Å². The largest absolute Gasteiger partial charge is 0.497 e. The standard InChI is InChI=1S/C12H14O3/c1-14-11-6-4-8-3-5-10(13)9(8)7-12(11)15-2/h4,7H,3,5-6H2,1-2H3. The highest BCUT2D eigenvalue weighted by Crippen LogP contribution is 2.32. The number of methoxy groups -OCH3 is 2. The van der Waals surface area contributed by atoms with E-state index < -0.39 is 0 Å². The molecule has 0 aromatic carbocycles. The number of ether oxygens (including phenoxy) is 2. The summed E-state index contributed by atoms with van der Waals surface area (Å²) >= 11 is 0. The number of Topliss-reactive ketones (excluding diaryl/α,β-unsaturated/α-hetero) is 1. The van der Waals surface area contributed by atoms with Crippen LogP contribution in [0.15, 0.2) is 34.8 Å². The van der Waals surface area contributed by atoms with Gasteiger partial charge in [-0.25, -0.2) is 0 Å². The number of carbonyl (C=O) groups is 1. The Morgan fingerprint density at radius 2 is 2.00 bits per heavy atom. The summed E-state index contributed by atoms with van der Waals surface area (Å²) in [5.74, 6) is 1.64. The zero-order valence-electron chi connectivity index (χ0n) is 9.00. The monoisotopic (exact) mass is 206 g/mol. The van der Waals surface area contributed by atoms with E-state index in [0.717, 1.165) is 23.3 Å². The molecular weight excluding hydrogens is 192 g/mol. The molecular formula is C12H14O3. The average Bonchev–Trinajstić information content (AvgIpc) is 2.51. The third-order valence-corrected chi connectivity index (χ3v) is 2.82. The van der Waals surface area contributed by atoms with Gasteiger partial charge >= 0.3 is 0 Å². The molecule has 0 aromatic heterocycles. The van der Waals surface area contributed by atoms with Crippen LogP contribution in [0.5, 0.6) is 0 Å². The predicted molar refractivity (Wildman–Crippen MR) is 56.1 cm³/mol. The Bertz CT molecular complexity index is 386. The molecule has 0 saturated heterocycles. The highest BCUT2D eigenvalue weighted by atomic mass is 16.5. The third kappa shape index (κ3) is 1.69. The highest BCUT2D eigenvalue weighted by molar-refractivity contribution is 6.03. The molecule has 0 aromatic rings. The summed E-state index contributed by atoms with van der Waals surface area (Å²) in [4.78, 5) is 11.6. The second-order valence-corrected chi connectivity index (χ2v) is 3.61. The van der Waals surface area contributed by atoms with Crippen molar-refractivity contribution in [3.8, 4) is 0 Å². The lowest BCUT2D eigenvalue weighted by Gasteiger charge is -2.07. The first kappa shape index (κ1) is 10.0. The van der Waals surface area contributed by atoms with Gasteiger partial charge in [0, 0.05) is 18.4 Å². The van der Waals surface area contributed by atoms with Crippen molar-refractivity contribution < 1.29 is 14.3 Å². The molecule has 1 fully saturated rings. The van der Waals surface area contributed by atoms with Crippen LogP contribution in [-0.2, 0) is 14.3 Å². The van der Waals surface area contributed by atoms with E-state index in [0.29, 0.717) is 18.6 Å². The summed E-state index contributed by atoms with van der Waals surface area (Å²) in [5.41, 5.74) is 1.92. The second-order valence-electron chi connectivity index (χ2n) is 3.61. The highest BCUT2D eigenvalue weighted by Gasteiger charge is 2.25. The molecule has 0 atom stereocenters. The van der Waals surface area contributed by atoms with Crippen LogP contribution >= 0.6 is 0 Å². The van der Waals surface area contributed by atoms with Crippen LogP contribution in [0, 0.1) is 0 Å². The minimum Gasteiger partial charge on any atom is -0.497 e. The Hall–Kier alpha value is -1.51. The van der Waals surface area contributed by atoms with Gasteiger partial charge in [-0.15, -0.1) is 0 Å². The topological polar surface area (TPSA) is 35.5 Å². The van der Waals surface area contributed by atoms with E-state index in [-0.39, 0.29) is 5.78 Å². The first-order valence-electron chi connectivity index (χ1n) is 5.01. The van der Waals surface area contributed by atoms with Gasteiger partial charge in [0.2, 0.25) is 0 Å². The molecule has 0 heterocycles. The van der Waals surface area contributed by atoms with E-state index in [1.54, 1.807) is 20.3 Å². The fraction of sp³-hybridized carbons (Fsp3) is 0.417. The van der Waals surface area contributed by atoms with Crippen molar-refractivity contribution in [3.05, 3.63) is 34.8 Å². The van der Waals surface area contributed by atoms with Crippen molar-refractivity contribution in [1.82, 2.24) is 0 Å². The molecule has 0 unspecified atom stereocenters. The Morgan fingerprint density at radius 3 is 2.67 bits per heavy atom. The SMILES string of the molecule is COC1=C(OC)CC=C2CCC(=O)C2=C1. The third-order valence-electron chi connectivity index (χ3n) is 2.82. The lowest BCUT2D eigenvalue weighted by molar-refractivity contribution is -0.114. The minimum atomic E-state index is 0.202. The molecule has 0 N–H and O–H groups in total. The molecule has 2 rings (SSSR count). The normalized spacial score (nSPS) is 20.5. The fourth-order valence-corrected chi connectivity index (χ4v) is 1.97. The fourth-order valence-electron chi connectivity index (χ4n) is 1.97. The van der Waals surface area contributed by atoms with E-state index in [1.165, 1.54) is 0 Å². The zero-order valence-corrected chi connectivity index (χ0v) is 9.00. The van der Waals surface area contributed by atoms with Crippen LogP contribution in [0.4, 0.5) is 0 Å². The van der Waals surface area contributed by atoms with E-state index >= 15 is 0 Å². The molecule has 0 amide bonds. The molecule has 3 heteroatoms. The molecule has 0 spiro atoms. The molecule has 0 radical (unpaired) electrons. The maximum Gasteiger partial charge on any atom is 0.163 e. The number of ketones is 1. The molecule has 0 aliphatic heterocycles. The smallest absolute Gasteiger partial charge is 0.163 e. The van der Waals surface area contributed by atoms with Crippen molar-refractivity contribution in [2.45, 2.75) is 19.3 Å². The summed E-state index contributed by atoms with van der Waals surface area (Å²) in [6.45, 7) is 0. The van der Waals surface area contributed by atoms with E-state index in [4.69, 9.17) is 9.47 Å². The van der Waals surface area contributed by atoms with Gasteiger partial charge in [-0.2, -0.15) is 0 Å². The first-order chi connectivity index (χ1) is 7.26. The molecule has 15 heavy (non-hydrogen) atoms. The van der Waals surface area contributed by atoms with Crippen molar-refractivity contribution in [3.63, 3.8) is 0 Å². The van der Waals surface area contributed by atoms with Gasteiger partial charge in [0.15, 0.2) is 11.5 Å². The van der Waals surface area contributed by atoms with E-state index in [9.17, 15) is 4.79 Å². The van der Waals surface area contributed by atoms with Crippen LogP contribution in [0.2, 0.25) is 0 Å². The summed E-state index contributed by atoms with van der Waals surface area (Å²) in [5, 5.41) is 0. The molecule has 1 saturated carbocycles. The quantitative estimate of drug-likeness (QED) is 0.694. The molecule has 80 valence electrons. The molecule has 2 aliphatic rings. The van der Waals surface area contributed by atoms with Gasteiger partial charge in [-0.1, -0.05) is 6.08 Å². The Balaban J connectivity index is 2.44. The summed E-state index contributed by atoms with van der Waals surface area (Å²) in [6, 6.07) is 0. The van der Waals surface area contributed by atoms with Gasteiger partial charge < -0.3 is 9.47 Å². The lowest BCUT2D eigenvalue weighted by Crippen LogP contribution is -1.96. The van der Waals surface area contributed by atoms with Gasteiger partial charge in [-0.05, 0) is 18.1 Å². The van der Waals surface area contributed by atoms with Gasteiger partial charge in [0.05, 0.1) is 14.2 Å². The second kappa shape index (κ2) is 3.93. The Morgan fingerprint density at radius 1 is 1.20 bits per heavy atom. The maximum atomic E-state index is 11.6. The van der Waals surface area contributed by atoms with E-state index in [2.05, 4.69) is 6.08 Å². The number of allylic oxidation sites excluding steroid dienone is 4. The van der Waals surface area contributed by atoms with Crippen LogP contribution in [0.3, 0.4) is 0 Å². The minimum absolute atomic E-state index is 0.202. The maximum absolute atomic E-state index is 11.6. The number of hydrogen-bond acceptors (Lipinski definition) is 3. The van der Waals surface area contributed by atoms with Crippen LogP contribution in [0.1, 0.15) is 19.3 Å². The number of fused-ring (bicyclic) bond motifs is 1. The number of hydrogen-bond donors (Lipinski definition) is 0. The lowest BCUT2D eigenvalue weighted by atomic mass is 10.1. The first-order valence-corrected chi connectivity index (χ1v) is 5.01. The number of rotatable bonds is 2. The predicted octanol–water partition coefficient (Wildman–Crippen LogP) is 2.11. The summed E-state index contributed by atoms with van der Waals surface area (Å²) < 4.78 is 10.5. The Labute approximate surface area is 89.1 Å². The van der Waals surface area contributed by atoms with Crippen molar-refractivity contribution >= 4 is 5.78 Å². The van der Waals surface area contributed by atoms with Crippen LogP contribution < -0.4 is 0 Å². The number of carbonyl (C=O) groups excluding carboxylic acids is 1. The van der Waals surface area contributed by atoms with E-state index in [1.807, 2.05) is 0 Å².